The molecular formula is C22H20N4O3S. The molecule has 8 heteroatoms. The second kappa shape index (κ2) is 7.14. The summed E-state index contributed by atoms with van der Waals surface area (Å²) >= 11 is 0. The van der Waals surface area contributed by atoms with E-state index in [0.29, 0.717) is 40.7 Å². The van der Waals surface area contributed by atoms with Crippen LogP contribution in [0.4, 0.5) is 5.69 Å². The molecule has 0 aliphatic heterocycles. The fraction of sp³-hybridized carbons (Fsp3) is 0.182. The topological polar surface area (TPSA) is 100 Å². The maximum Gasteiger partial charge on any atom is 0.269 e. The average molecular weight is 420 g/mol. The first-order valence-electron chi connectivity index (χ1n) is 9.70. The maximum atomic E-state index is 13.6. The summed E-state index contributed by atoms with van der Waals surface area (Å²) in [6.45, 7) is 0.569. The van der Waals surface area contributed by atoms with Gasteiger partial charge in [0.2, 0.25) is 5.88 Å². The molecule has 2 aromatic heterocycles. The molecule has 2 heterocycles. The van der Waals surface area contributed by atoms with Crippen LogP contribution < -0.4 is 10.5 Å². The van der Waals surface area contributed by atoms with Gasteiger partial charge in [-0.2, -0.15) is 0 Å². The Bertz CT molecular complexity index is 1310. The number of benzene rings is 2. The number of nitrogens with zero attached hydrogens (tertiary/aromatic N) is 3. The smallest absolute Gasteiger partial charge is 0.269 e. The second-order valence-electron chi connectivity index (χ2n) is 7.40. The summed E-state index contributed by atoms with van der Waals surface area (Å²) in [5.74, 6) is 0.937. The molecule has 0 radical (unpaired) electrons. The van der Waals surface area contributed by atoms with Gasteiger partial charge in [-0.05, 0) is 54.7 Å². The first-order valence-corrected chi connectivity index (χ1v) is 11.1. The third-order valence-electron chi connectivity index (χ3n) is 5.16. The van der Waals surface area contributed by atoms with Gasteiger partial charge in [-0.15, -0.1) is 0 Å². The Balaban J connectivity index is 1.75. The van der Waals surface area contributed by atoms with Gasteiger partial charge in [-0.3, -0.25) is 0 Å². The molecule has 0 atom stereocenters. The molecule has 2 aromatic carbocycles. The van der Waals surface area contributed by atoms with Crippen LogP contribution in [-0.2, 0) is 10.0 Å². The Kier molecular flexibility index (Phi) is 4.43. The van der Waals surface area contributed by atoms with Gasteiger partial charge in [-0.25, -0.2) is 22.4 Å². The lowest BCUT2D eigenvalue weighted by atomic mass is 10.1. The van der Waals surface area contributed by atoms with Crippen molar-refractivity contribution in [3.8, 4) is 17.1 Å². The quantitative estimate of drug-likeness (QED) is 0.477. The molecule has 2 N–H and O–H groups in total. The Morgan fingerprint density at radius 3 is 2.47 bits per heavy atom. The van der Waals surface area contributed by atoms with Crippen LogP contribution in [0.15, 0.2) is 71.9 Å². The van der Waals surface area contributed by atoms with Crippen molar-refractivity contribution in [2.24, 2.45) is 5.92 Å². The van der Waals surface area contributed by atoms with E-state index in [9.17, 15) is 8.42 Å². The van der Waals surface area contributed by atoms with E-state index < -0.39 is 10.0 Å². The van der Waals surface area contributed by atoms with E-state index in [1.165, 1.54) is 10.3 Å². The molecule has 0 spiro atoms. The van der Waals surface area contributed by atoms with Crippen molar-refractivity contribution in [2.45, 2.75) is 17.7 Å². The number of nitrogen functional groups attached to an aromatic ring is 1. The van der Waals surface area contributed by atoms with Crippen molar-refractivity contribution in [3.05, 3.63) is 67.0 Å². The zero-order chi connectivity index (χ0) is 20.7. The lowest BCUT2D eigenvalue weighted by Gasteiger charge is -2.12. The Morgan fingerprint density at radius 1 is 1.03 bits per heavy atom. The molecule has 0 bridgehead atoms. The molecule has 5 rings (SSSR count). The largest absolute Gasteiger partial charge is 0.477 e. The van der Waals surface area contributed by atoms with Crippen LogP contribution in [0.1, 0.15) is 12.8 Å². The molecular weight excluding hydrogens is 400 g/mol. The van der Waals surface area contributed by atoms with E-state index in [2.05, 4.69) is 9.97 Å². The van der Waals surface area contributed by atoms with Gasteiger partial charge >= 0.3 is 0 Å². The number of aromatic nitrogens is 3. The Hall–Kier alpha value is -3.39. The molecule has 1 aliphatic carbocycles. The van der Waals surface area contributed by atoms with Crippen LogP contribution in [0.5, 0.6) is 5.88 Å². The monoisotopic (exact) mass is 420 g/mol. The molecule has 1 saturated carbocycles. The lowest BCUT2D eigenvalue weighted by Crippen LogP contribution is -2.14. The summed E-state index contributed by atoms with van der Waals surface area (Å²) < 4.78 is 34.4. The SMILES string of the molecule is Nc1ccc(-c2cc3c(OCC4CC4)ncnc3n2S(=O)(=O)c2ccccc2)cc1. The highest BCUT2D eigenvalue weighted by atomic mass is 32.2. The molecule has 7 nitrogen and oxygen atoms in total. The van der Waals surface area contributed by atoms with Crippen molar-refractivity contribution < 1.29 is 13.2 Å². The summed E-state index contributed by atoms with van der Waals surface area (Å²) in [5.41, 5.74) is 7.89. The number of nitrogens with two attached hydrogens (primary N) is 1. The molecule has 1 fully saturated rings. The summed E-state index contributed by atoms with van der Waals surface area (Å²) in [6.07, 6.45) is 3.64. The number of hydrogen-bond donors (Lipinski definition) is 1. The molecule has 0 unspecified atom stereocenters. The summed E-state index contributed by atoms with van der Waals surface area (Å²) in [5, 5.41) is 0.560. The van der Waals surface area contributed by atoms with E-state index in [4.69, 9.17) is 10.5 Å². The van der Waals surface area contributed by atoms with E-state index >= 15 is 0 Å². The third-order valence-corrected chi connectivity index (χ3v) is 6.88. The minimum Gasteiger partial charge on any atom is -0.477 e. The van der Waals surface area contributed by atoms with Gasteiger partial charge in [-0.1, -0.05) is 30.3 Å². The van der Waals surface area contributed by atoms with Crippen LogP contribution in [0.25, 0.3) is 22.3 Å². The first-order chi connectivity index (χ1) is 14.5. The van der Waals surface area contributed by atoms with Crippen LogP contribution in [0.3, 0.4) is 0 Å². The number of fused-ring (bicyclic) bond motifs is 1. The molecule has 1 aliphatic rings. The van der Waals surface area contributed by atoms with Crippen molar-refractivity contribution in [3.63, 3.8) is 0 Å². The zero-order valence-corrected chi connectivity index (χ0v) is 16.9. The highest BCUT2D eigenvalue weighted by molar-refractivity contribution is 7.90. The van der Waals surface area contributed by atoms with Crippen LogP contribution in [0, 0.1) is 5.92 Å². The number of ether oxygens (including phenoxy) is 1. The highest BCUT2D eigenvalue weighted by Gasteiger charge is 2.27. The standard InChI is InChI=1S/C22H20N4O3S/c23-17-10-8-16(9-11-17)20-12-19-21(24-14-25-22(19)29-13-15-6-7-15)26(20)30(27,28)18-4-2-1-3-5-18/h1-5,8-12,14-15H,6-7,13,23H2. The van der Waals surface area contributed by atoms with Crippen LogP contribution in [-0.4, -0.2) is 29.0 Å². The van der Waals surface area contributed by atoms with E-state index in [-0.39, 0.29) is 10.5 Å². The fourth-order valence-electron chi connectivity index (χ4n) is 3.36. The van der Waals surface area contributed by atoms with Crippen molar-refractivity contribution in [2.75, 3.05) is 12.3 Å². The zero-order valence-electron chi connectivity index (χ0n) is 16.1. The van der Waals surface area contributed by atoms with Gasteiger partial charge in [0.25, 0.3) is 10.0 Å². The molecule has 0 amide bonds. The second-order valence-corrected chi connectivity index (χ2v) is 9.19. The van der Waals surface area contributed by atoms with Gasteiger partial charge in [0, 0.05) is 5.69 Å². The first kappa shape index (κ1) is 18.6. The molecule has 152 valence electrons. The van der Waals surface area contributed by atoms with Gasteiger partial charge in [0.05, 0.1) is 22.6 Å². The maximum absolute atomic E-state index is 13.6. The minimum atomic E-state index is -3.91. The van der Waals surface area contributed by atoms with Gasteiger partial charge < -0.3 is 10.5 Å². The summed E-state index contributed by atoms with van der Waals surface area (Å²) in [4.78, 5) is 8.75. The highest BCUT2D eigenvalue weighted by Crippen LogP contribution is 2.36. The number of rotatable bonds is 6. The lowest BCUT2D eigenvalue weighted by molar-refractivity contribution is 0.292. The molecule has 30 heavy (non-hydrogen) atoms. The van der Waals surface area contributed by atoms with Crippen molar-refractivity contribution in [1.82, 2.24) is 13.9 Å². The summed E-state index contributed by atoms with van der Waals surface area (Å²) in [7, 11) is -3.91. The third kappa shape index (κ3) is 3.29. The number of hydrogen-bond acceptors (Lipinski definition) is 6. The van der Waals surface area contributed by atoms with E-state index in [0.717, 1.165) is 12.8 Å². The van der Waals surface area contributed by atoms with E-state index in [1.54, 1.807) is 60.7 Å². The number of anilines is 1. The molecule has 0 saturated heterocycles. The van der Waals surface area contributed by atoms with Crippen LogP contribution >= 0.6 is 0 Å². The molecule has 4 aromatic rings. The van der Waals surface area contributed by atoms with Crippen molar-refractivity contribution >= 4 is 26.7 Å². The summed E-state index contributed by atoms with van der Waals surface area (Å²) in [6, 6.07) is 17.1. The average Bonchev–Trinajstić information content (AvgIpc) is 3.50. The van der Waals surface area contributed by atoms with Crippen molar-refractivity contribution in [1.29, 1.82) is 0 Å². The van der Waals surface area contributed by atoms with Gasteiger partial charge in [0.1, 0.15) is 6.33 Å². The Labute approximate surface area is 174 Å². The predicted molar refractivity (Wildman–Crippen MR) is 115 cm³/mol. The predicted octanol–water partition coefficient (Wildman–Crippen LogP) is 3.71. The van der Waals surface area contributed by atoms with Gasteiger partial charge in [0.15, 0.2) is 5.65 Å². The minimum absolute atomic E-state index is 0.179. The van der Waals surface area contributed by atoms with E-state index in [1.807, 2.05) is 0 Å². The van der Waals surface area contributed by atoms with Crippen LogP contribution in [0.2, 0.25) is 0 Å². The Morgan fingerprint density at radius 2 is 1.77 bits per heavy atom. The fourth-order valence-corrected chi connectivity index (χ4v) is 4.86. The normalized spacial score (nSPS) is 14.1.